The SMILES string of the molecule is CC#CCCC(C)C(C)CN. The lowest BCUT2D eigenvalue weighted by Gasteiger charge is -2.16. The molecule has 0 aliphatic heterocycles. The molecule has 2 unspecified atom stereocenters. The molecule has 0 amide bonds. The van der Waals surface area contributed by atoms with Crippen molar-refractivity contribution in [2.75, 3.05) is 6.54 Å². The van der Waals surface area contributed by atoms with Gasteiger partial charge in [-0.1, -0.05) is 13.8 Å². The van der Waals surface area contributed by atoms with E-state index in [4.69, 9.17) is 5.73 Å². The molecule has 0 saturated carbocycles. The van der Waals surface area contributed by atoms with Crippen molar-refractivity contribution >= 4 is 0 Å². The van der Waals surface area contributed by atoms with Gasteiger partial charge < -0.3 is 5.73 Å². The molecule has 64 valence electrons. The fraction of sp³-hybridized carbons (Fsp3) is 0.800. The standard InChI is InChI=1S/C10H19N/c1-4-5-6-7-9(2)10(3)8-11/h9-10H,6-8,11H2,1-3H3. The van der Waals surface area contributed by atoms with Gasteiger partial charge in [-0.3, -0.25) is 0 Å². The van der Waals surface area contributed by atoms with Crippen LogP contribution in [0.2, 0.25) is 0 Å². The molecule has 0 aromatic carbocycles. The molecule has 2 N–H and O–H groups in total. The first-order chi connectivity index (χ1) is 5.22. The summed E-state index contributed by atoms with van der Waals surface area (Å²) in [5.74, 6) is 7.31. The van der Waals surface area contributed by atoms with Crippen LogP contribution in [0.25, 0.3) is 0 Å². The van der Waals surface area contributed by atoms with Gasteiger partial charge in [-0.05, 0) is 31.7 Å². The van der Waals surface area contributed by atoms with E-state index in [9.17, 15) is 0 Å². The van der Waals surface area contributed by atoms with Gasteiger partial charge >= 0.3 is 0 Å². The third-order valence-electron chi connectivity index (χ3n) is 2.24. The van der Waals surface area contributed by atoms with Gasteiger partial charge in [-0.25, -0.2) is 0 Å². The van der Waals surface area contributed by atoms with E-state index in [1.54, 1.807) is 0 Å². The van der Waals surface area contributed by atoms with E-state index >= 15 is 0 Å². The monoisotopic (exact) mass is 153 g/mol. The van der Waals surface area contributed by atoms with Crippen LogP contribution in [-0.2, 0) is 0 Å². The highest BCUT2D eigenvalue weighted by molar-refractivity contribution is 4.94. The molecule has 0 bridgehead atoms. The molecule has 0 spiro atoms. The fourth-order valence-corrected chi connectivity index (χ4v) is 0.942. The maximum absolute atomic E-state index is 5.54. The fourth-order valence-electron chi connectivity index (χ4n) is 0.942. The second-order valence-corrected chi connectivity index (χ2v) is 3.16. The lowest BCUT2D eigenvalue weighted by Crippen LogP contribution is -2.18. The highest BCUT2D eigenvalue weighted by atomic mass is 14.5. The quantitative estimate of drug-likeness (QED) is 0.614. The van der Waals surface area contributed by atoms with Crippen molar-refractivity contribution in [2.45, 2.75) is 33.6 Å². The molecule has 1 nitrogen and oxygen atoms in total. The maximum atomic E-state index is 5.54. The first-order valence-electron chi connectivity index (χ1n) is 4.32. The number of hydrogen-bond donors (Lipinski definition) is 1. The lowest BCUT2D eigenvalue weighted by atomic mass is 9.92. The molecule has 0 radical (unpaired) electrons. The summed E-state index contributed by atoms with van der Waals surface area (Å²) >= 11 is 0. The van der Waals surface area contributed by atoms with Crippen molar-refractivity contribution in [3.63, 3.8) is 0 Å². The summed E-state index contributed by atoms with van der Waals surface area (Å²) in [4.78, 5) is 0. The molecular formula is C10H19N. The molecular weight excluding hydrogens is 134 g/mol. The Hall–Kier alpha value is -0.480. The van der Waals surface area contributed by atoms with Gasteiger partial charge in [-0.2, -0.15) is 0 Å². The molecule has 0 aromatic rings. The van der Waals surface area contributed by atoms with E-state index in [0.717, 1.165) is 13.0 Å². The molecule has 0 heterocycles. The minimum absolute atomic E-state index is 0.633. The van der Waals surface area contributed by atoms with Crippen LogP contribution >= 0.6 is 0 Å². The molecule has 0 aromatic heterocycles. The summed E-state index contributed by atoms with van der Waals surface area (Å²) in [6, 6.07) is 0. The van der Waals surface area contributed by atoms with Crippen LogP contribution in [-0.4, -0.2) is 6.54 Å². The van der Waals surface area contributed by atoms with Gasteiger partial charge in [0.1, 0.15) is 0 Å². The van der Waals surface area contributed by atoms with Crippen molar-refractivity contribution in [3.8, 4) is 11.8 Å². The van der Waals surface area contributed by atoms with Crippen LogP contribution in [0.3, 0.4) is 0 Å². The predicted molar refractivity (Wildman–Crippen MR) is 50.1 cm³/mol. The minimum atomic E-state index is 0.633. The second kappa shape index (κ2) is 6.24. The summed E-state index contributed by atoms with van der Waals surface area (Å²) in [7, 11) is 0. The largest absolute Gasteiger partial charge is 0.330 e. The van der Waals surface area contributed by atoms with Crippen LogP contribution in [0.5, 0.6) is 0 Å². The summed E-state index contributed by atoms with van der Waals surface area (Å²) in [6.07, 6.45) is 2.20. The Morgan fingerprint density at radius 1 is 1.27 bits per heavy atom. The third-order valence-corrected chi connectivity index (χ3v) is 2.24. The molecule has 0 aliphatic rings. The molecule has 11 heavy (non-hydrogen) atoms. The summed E-state index contributed by atoms with van der Waals surface area (Å²) in [6.45, 7) is 7.12. The first kappa shape index (κ1) is 10.5. The average molecular weight is 153 g/mol. The summed E-state index contributed by atoms with van der Waals surface area (Å²) < 4.78 is 0. The van der Waals surface area contributed by atoms with Crippen LogP contribution in [0.15, 0.2) is 0 Å². The van der Waals surface area contributed by atoms with Crippen LogP contribution in [0, 0.1) is 23.7 Å². The maximum Gasteiger partial charge on any atom is 0.00912 e. The molecule has 0 fully saturated rings. The zero-order valence-corrected chi connectivity index (χ0v) is 7.85. The second-order valence-electron chi connectivity index (χ2n) is 3.16. The number of nitrogens with two attached hydrogens (primary N) is 1. The van der Waals surface area contributed by atoms with Gasteiger partial charge in [-0.15, -0.1) is 11.8 Å². The Kier molecular flexibility index (Phi) is 5.97. The zero-order valence-electron chi connectivity index (χ0n) is 7.85. The molecule has 0 rings (SSSR count). The Morgan fingerprint density at radius 2 is 1.91 bits per heavy atom. The number of hydrogen-bond acceptors (Lipinski definition) is 1. The van der Waals surface area contributed by atoms with E-state index in [2.05, 4.69) is 25.7 Å². The highest BCUT2D eigenvalue weighted by Crippen LogP contribution is 2.14. The molecule has 1 heteroatoms. The molecule has 0 saturated heterocycles. The topological polar surface area (TPSA) is 26.0 Å². The Balaban J connectivity index is 3.48. The van der Waals surface area contributed by atoms with Gasteiger partial charge in [0.25, 0.3) is 0 Å². The number of rotatable bonds is 4. The molecule has 0 aliphatic carbocycles. The van der Waals surface area contributed by atoms with Crippen molar-refractivity contribution in [3.05, 3.63) is 0 Å². The van der Waals surface area contributed by atoms with Crippen molar-refractivity contribution in [1.82, 2.24) is 0 Å². The van der Waals surface area contributed by atoms with E-state index in [0.29, 0.717) is 11.8 Å². The highest BCUT2D eigenvalue weighted by Gasteiger charge is 2.08. The van der Waals surface area contributed by atoms with Gasteiger partial charge in [0.2, 0.25) is 0 Å². The minimum Gasteiger partial charge on any atom is -0.330 e. The molecule has 2 atom stereocenters. The normalized spacial score (nSPS) is 14.9. The van der Waals surface area contributed by atoms with E-state index in [-0.39, 0.29) is 0 Å². The summed E-state index contributed by atoms with van der Waals surface area (Å²) in [5, 5.41) is 0. The predicted octanol–water partition coefficient (Wildman–Crippen LogP) is 2.02. The summed E-state index contributed by atoms with van der Waals surface area (Å²) in [5.41, 5.74) is 5.54. The van der Waals surface area contributed by atoms with Gasteiger partial charge in [0.15, 0.2) is 0 Å². The van der Waals surface area contributed by atoms with Crippen LogP contribution in [0.1, 0.15) is 33.6 Å². The lowest BCUT2D eigenvalue weighted by molar-refractivity contribution is 0.376. The van der Waals surface area contributed by atoms with Crippen molar-refractivity contribution in [1.29, 1.82) is 0 Å². The van der Waals surface area contributed by atoms with E-state index in [1.807, 2.05) is 6.92 Å². The van der Waals surface area contributed by atoms with Crippen LogP contribution in [0.4, 0.5) is 0 Å². The van der Waals surface area contributed by atoms with E-state index in [1.165, 1.54) is 6.42 Å². The smallest absolute Gasteiger partial charge is 0.00912 e. The van der Waals surface area contributed by atoms with E-state index < -0.39 is 0 Å². The van der Waals surface area contributed by atoms with Crippen molar-refractivity contribution < 1.29 is 0 Å². The van der Waals surface area contributed by atoms with Crippen LogP contribution < -0.4 is 5.73 Å². The first-order valence-corrected chi connectivity index (χ1v) is 4.32. The average Bonchev–Trinajstić information content (AvgIpc) is 2.03. The third kappa shape index (κ3) is 4.86. The van der Waals surface area contributed by atoms with Gasteiger partial charge in [0.05, 0.1) is 0 Å². The Labute approximate surface area is 70.4 Å². The van der Waals surface area contributed by atoms with Crippen molar-refractivity contribution in [2.24, 2.45) is 17.6 Å². The Morgan fingerprint density at radius 3 is 2.36 bits per heavy atom. The zero-order chi connectivity index (χ0) is 8.69. The Bertz CT molecular complexity index is 141. The van der Waals surface area contributed by atoms with Gasteiger partial charge in [0, 0.05) is 6.42 Å².